The number of hydrogen-bond donors (Lipinski definition) is 0. The standard InChI is InChI=1S/C16H20FN5S/c1-11-9-22(16-19-15(20-23-16)12-2-3-12)7-6-21(11)10-13-4-5-18-8-14(13)17/h4-5,8,11-12H,2-3,6-7,9-10H2,1H3. The van der Waals surface area contributed by atoms with Crippen LogP contribution in [-0.2, 0) is 6.54 Å². The van der Waals surface area contributed by atoms with E-state index in [1.165, 1.54) is 30.6 Å². The van der Waals surface area contributed by atoms with Gasteiger partial charge in [0.25, 0.3) is 0 Å². The summed E-state index contributed by atoms with van der Waals surface area (Å²) in [5.41, 5.74) is 0.715. The first-order valence-electron chi connectivity index (χ1n) is 8.11. The van der Waals surface area contributed by atoms with Gasteiger partial charge in [0.15, 0.2) is 0 Å². The van der Waals surface area contributed by atoms with E-state index in [1.807, 2.05) is 0 Å². The highest BCUT2D eigenvalue weighted by molar-refractivity contribution is 7.09. The van der Waals surface area contributed by atoms with Crippen LogP contribution in [0.5, 0.6) is 0 Å². The zero-order valence-electron chi connectivity index (χ0n) is 13.2. The molecular weight excluding hydrogens is 313 g/mol. The summed E-state index contributed by atoms with van der Waals surface area (Å²) in [5, 5.41) is 1.04. The van der Waals surface area contributed by atoms with E-state index in [-0.39, 0.29) is 5.82 Å². The van der Waals surface area contributed by atoms with Crippen LogP contribution in [-0.4, -0.2) is 44.9 Å². The Balaban J connectivity index is 1.40. The molecule has 1 saturated heterocycles. The highest BCUT2D eigenvalue weighted by Gasteiger charge is 2.30. The lowest BCUT2D eigenvalue weighted by Crippen LogP contribution is -2.51. The smallest absolute Gasteiger partial charge is 0.205 e. The number of pyridine rings is 1. The summed E-state index contributed by atoms with van der Waals surface area (Å²) in [7, 11) is 0. The molecule has 3 heterocycles. The predicted octanol–water partition coefficient (Wildman–Crippen LogP) is 2.66. The van der Waals surface area contributed by atoms with E-state index in [0.29, 0.717) is 24.1 Å². The van der Waals surface area contributed by atoms with Gasteiger partial charge in [0, 0.05) is 61.4 Å². The Kier molecular flexibility index (Phi) is 3.98. The van der Waals surface area contributed by atoms with Crippen molar-refractivity contribution in [3.63, 3.8) is 0 Å². The van der Waals surface area contributed by atoms with Gasteiger partial charge in [0.1, 0.15) is 11.6 Å². The Morgan fingerprint density at radius 3 is 2.96 bits per heavy atom. The highest BCUT2D eigenvalue weighted by atomic mass is 32.1. The third kappa shape index (κ3) is 3.21. The Labute approximate surface area is 139 Å². The molecule has 7 heteroatoms. The molecule has 1 aliphatic carbocycles. The minimum Gasteiger partial charge on any atom is -0.344 e. The SMILES string of the molecule is CC1CN(c2nc(C3CC3)ns2)CCN1Cc1ccncc1F. The van der Waals surface area contributed by atoms with Crippen molar-refractivity contribution in [1.82, 2.24) is 19.2 Å². The molecule has 1 aliphatic heterocycles. The van der Waals surface area contributed by atoms with Crippen LogP contribution in [0.4, 0.5) is 9.52 Å². The van der Waals surface area contributed by atoms with Crippen molar-refractivity contribution in [2.24, 2.45) is 0 Å². The molecule has 1 atom stereocenters. The third-order valence-electron chi connectivity index (χ3n) is 4.64. The maximum absolute atomic E-state index is 13.8. The summed E-state index contributed by atoms with van der Waals surface area (Å²) in [6, 6.07) is 2.12. The Hall–Kier alpha value is -1.60. The molecule has 4 rings (SSSR count). The summed E-state index contributed by atoms with van der Waals surface area (Å²) in [6.07, 6.45) is 5.41. The van der Waals surface area contributed by atoms with Gasteiger partial charge in [-0.1, -0.05) is 0 Å². The van der Waals surface area contributed by atoms with Crippen LogP contribution in [0.15, 0.2) is 18.5 Å². The Morgan fingerprint density at radius 1 is 1.35 bits per heavy atom. The van der Waals surface area contributed by atoms with E-state index in [2.05, 4.69) is 26.1 Å². The molecule has 23 heavy (non-hydrogen) atoms. The fourth-order valence-corrected chi connectivity index (χ4v) is 3.80. The highest BCUT2D eigenvalue weighted by Crippen LogP contribution is 2.39. The second-order valence-corrected chi connectivity index (χ2v) is 7.17. The molecule has 2 fully saturated rings. The largest absolute Gasteiger partial charge is 0.344 e. The molecule has 1 unspecified atom stereocenters. The van der Waals surface area contributed by atoms with Crippen molar-refractivity contribution in [1.29, 1.82) is 0 Å². The molecule has 122 valence electrons. The summed E-state index contributed by atoms with van der Waals surface area (Å²) < 4.78 is 18.3. The molecule has 0 N–H and O–H groups in total. The normalized spacial score (nSPS) is 22.5. The number of piperazine rings is 1. The minimum atomic E-state index is -0.222. The first-order valence-corrected chi connectivity index (χ1v) is 8.89. The average molecular weight is 333 g/mol. The van der Waals surface area contributed by atoms with Crippen LogP contribution in [0.2, 0.25) is 0 Å². The van der Waals surface area contributed by atoms with Gasteiger partial charge >= 0.3 is 0 Å². The van der Waals surface area contributed by atoms with Gasteiger partial charge in [-0.25, -0.2) is 9.37 Å². The molecular formula is C16H20FN5S. The van der Waals surface area contributed by atoms with Crippen molar-refractivity contribution in [3.05, 3.63) is 35.7 Å². The second-order valence-electron chi connectivity index (χ2n) is 6.44. The van der Waals surface area contributed by atoms with E-state index in [4.69, 9.17) is 4.98 Å². The fraction of sp³-hybridized carbons (Fsp3) is 0.562. The maximum Gasteiger partial charge on any atom is 0.205 e. The quantitative estimate of drug-likeness (QED) is 0.861. The van der Waals surface area contributed by atoms with Crippen LogP contribution in [0.25, 0.3) is 0 Å². The fourth-order valence-electron chi connectivity index (χ4n) is 3.02. The zero-order valence-corrected chi connectivity index (χ0v) is 14.0. The lowest BCUT2D eigenvalue weighted by atomic mass is 10.1. The topological polar surface area (TPSA) is 45.2 Å². The molecule has 0 radical (unpaired) electrons. The van der Waals surface area contributed by atoms with Gasteiger partial charge in [-0.2, -0.15) is 4.37 Å². The third-order valence-corrected chi connectivity index (χ3v) is 5.43. The van der Waals surface area contributed by atoms with E-state index >= 15 is 0 Å². The van der Waals surface area contributed by atoms with Gasteiger partial charge in [-0.05, 0) is 25.8 Å². The van der Waals surface area contributed by atoms with Crippen LogP contribution < -0.4 is 4.90 Å². The van der Waals surface area contributed by atoms with E-state index in [0.717, 1.165) is 30.6 Å². The maximum atomic E-state index is 13.8. The lowest BCUT2D eigenvalue weighted by Gasteiger charge is -2.39. The van der Waals surface area contributed by atoms with Crippen molar-refractivity contribution in [3.8, 4) is 0 Å². The molecule has 5 nitrogen and oxygen atoms in total. The van der Waals surface area contributed by atoms with Crippen molar-refractivity contribution in [2.45, 2.75) is 38.3 Å². The molecule has 0 amide bonds. The van der Waals surface area contributed by atoms with Crippen molar-refractivity contribution in [2.75, 3.05) is 24.5 Å². The minimum absolute atomic E-state index is 0.222. The van der Waals surface area contributed by atoms with E-state index in [9.17, 15) is 4.39 Å². The predicted molar refractivity (Wildman–Crippen MR) is 88.2 cm³/mol. The van der Waals surface area contributed by atoms with E-state index in [1.54, 1.807) is 12.3 Å². The zero-order chi connectivity index (χ0) is 15.8. The van der Waals surface area contributed by atoms with Gasteiger partial charge in [0.2, 0.25) is 5.13 Å². The monoisotopic (exact) mass is 333 g/mol. The second kappa shape index (κ2) is 6.13. The number of nitrogens with zero attached hydrogens (tertiary/aromatic N) is 5. The van der Waals surface area contributed by atoms with Gasteiger partial charge in [0.05, 0.1) is 6.20 Å². The van der Waals surface area contributed by atoms with Gasteiger partial charge in [-0.15, -0.1) is 0 Å². The first-order chi connectivity index (χ1) is 11.2. The molecule has 2 aromatic rings. The average Bonchev–Trinajstić information content (AvgIpc) is 3.29. The van der Waals surface area contributed by atoms with Crippen molar-refractivity contribution >= 4 is 16.7 Å². The van der Waals surface area contributed by atoms with Crippen LogP contribution in [0.3, 0.4) is 0 Å². The van der Waals surface area contributed by atoms with Gasteiger partial charge < -0.3 is 4.90 Å². The molecule has 0 spiro atoms. The van der Waals surface area contributed by atoms with Gasteiger partial charge in [-0.3, -0.25) is 9.88 Å². The Bertz CT molecular complexity index is 687. The molecule has 1 saturated carbocycles. The van der Waals surface area contributed by atoms with E-state index < -0.39 is 0 Å². The summed E-state index contributed by atoms with van der Waals surface area (Å²) in [5.74, 6) is 1.41. The number of rotatable bonds is 4. The molecule has 0 aromatic carbocycles. The molecule has 2 aromatic heterocycles. The number of aromatic nitrogens is 3. The van der Waals surface area contributed by atoms with Crippen molar-refractivity contribution < 1.29 is 4.39 Å². The van der Waals surface area contributed by atoms with Crippen LogP contribution >= 0.6 is 11.5 Å². The molecule has 2 aliphatic rings. The molecule has 0 bridgehead atoms. The number of halogens is 1. The van der Waals surface area contributed by atoms with Crippen LogP contribution in [0.1, 0.15) is 37.1 Å². The Morgan fingerprint density at radius 2 is 2.22 bits per heavy atom. The summed E-state index contributed by atoms with van der Waals surface area (Å²) in [4.78, 5) is 13.1. The number of hydrogen-bond acceptors (Lipinski definition) is 6. The first kappa shape index (κ1) is 15.0. The number of anilines is 1. The lowest BCUT2D eigenvalue weighted by molar-refractivity contribution is 0.179. The summed E-state index contributed by atoms with van der Waals surface area (Å²) in [6.45, 7) is 5.55. The summed E-state index contributed by atoms with van der Waals surface area (Å²) >= 11 is 1.51. The van der Waals surface area contributed by atoms with Crippen LogP contribution in [0, 0.1) is 5.82 Å².